The van der Waals surface area contributed by atoms with Crippen LogP contribution in [0.1, 0.15) is 29.2 Å². The Kier molecular flexibility index (Phi) is 5.46. The van der Waals surface area contributed by atoms with E-state index in [0.29, 0.717) is 6.42 Å². The van der Waals surface area contributed by atoms with E-state index in [1.54, 1.807) is 7.11 Å². The van der Waals surface area contributed by atoms with E-state index in [-0.39, 0.29) is 6.04 Å². The first kappa shape index (κ1) is 21.7. The molecule has 0 saturated carbocycles. The Hall–Kier alpha value is -3.77. The molecule has 0 radical (unpaired) electrons. The van der Waals surface area contributed by atoms with Crippen molar-refractivity contribution >= 4 is 33.1 Å². The van der Waals surface area contributed by atoms with Crippen molar-refractivity contribution in [2.75, 3.05) is 17.3 Å². The van der Waals surface area contributed by atoms with Crippen molar-refractivity contribution in [2.45, 2.75) is 18.2 Å². The molecule has 6 heteroatoms. The minimum Gasteiger partial charge on any atom is -0.497 e. The van der Waals surface area contributed by atoms with Crippen molar-refractivity contribution in [3.05, 3.63) is 124 Å². The lowest BCUT2D eigenvalue weighted by Crippen LogP contribution is -2.47. The summed E-state index contributed by atoms with van der Waals surface area (Å²) in [6, 6.07) is 35.1. The number of anilines is 2. The van der Waals surface area contributed by atoms with Gasteiger partial charge in [-0.15, -0.1) is 0 Å². The Morgan fingerprint density at radius 3 is 2.49 bits per heavy atom. The second-order valence-corrected chi connectivity index (χ2v) is 9.61. The SMILES string of the molecule is COc1ccc([C@H]2C[C@@]3(c4ccccc4)ON=C(c4cccc(Br)c4)N3c3ccccc3N2)cc1. The third kappa shape index (κ3) is 3.74. The molecule has 35 heavy (non-hydrogen) atoms. The zero-order valence-electron chi connectivity index (χ0n) is 19.2. The van der Waals surface area contributed by atoms with E-state index in [9.17, 15) is 0 Å². The Balaban J connectivity index is 1.55. The molecule has 4 aromatic rings. The molecule has 1 N–H and O–H groups in total. The van der Waals surface area contributed by atoms with Gasteiger partial charge in [-0.25, -0.2) is 0 Å². The zero-order chi connectivity index (χ0) is 23.8. The lowest BCUT2D eigenvalue weighted by atomic mass is 9.90. The minimum atomic E-state index is -0.830. The second kappa shape index (κ2) is 8.78. The van der Waals surface area contributed by atoms with Crippen LogP contribution in [0.15, 0.2) is 113 Å². The van der Waals surface area contributed by atoms with E-state index in [2.05, 4.69) is 98.9 Å². The highest BCUT2D eigenvalue weighted by Gasteiger charge is 2.52. The van der Waals surface area contributed by atoms with E-state index >= 15 is 0 Å². The summed E-state index contributed by atoms with van der Waals surface area (Å²) in [5.74, 6) is 1.61. The quantitative estimate of drug-likeness (QED) is 0.309. The Labute approximate surface area is 213 Å². The molecule has 0 fully saturated rings. The van der Waals surface area contributed by atoms with Gasteiger partial charge in [0.25, 0.3) is 0 Å². The van der Waals surface area contributed by atoms with Crippen molar-refractivity contribution < 1.29 is 9.57 Å². The van der Waals surface area contributed by atoms with Gasteiger partial charge in [0.15, 0.2) is 5.84 Å². The Morgan fingerprint density at radius 2 is 1.71 bits per heavy atom. The molecule has 0 aromatic heterocycles. The van der Waals surface area contributed by atoms with Crippen LogP contribution in [0, 0.1) is 0 Å². The first-order valence-corrected chi connectivity index (χ1v) is 12.3. The van der Waals surface area contributed by atoms with E-state index in [1.807, 2.05) is 30.3 Å². The predicted octanol–water partition coefficient (Wildman–Crippen LogP) is 7.07. The van der Waals surface area contributed by atoms with Crippen molar-refractivity contribution in [2.24, 2.45) is 5.16 Å². The van der Waals surface area contributed by atoms with Gasteiger partial charge in [0.05, 0.1) is 24.5 Å². The van der Waals surface area contributed by atoms with Crippen molar-refractivity contribution in [1.29, 1.82) is 0 Å². The van der Waals surface area contributed by atoms with Gasteiger partial charge in [-0.3, -0.25) is 4.90 Å². The summed E-state index contributed by atoms with van der Waals surface area (Å²) in [7, 11) is 1.69. The minimum absolute atomic E-state index is 0.0238. The molecular formula is C29H24BrN3O2. The predicted molar refractivity (Wildman–Crippen MR) is 143 cm³/mol. The van der Waals surface area contributed by atoms with Gasteiger partial charge >= 0.3 is 0 Å². The monoisotopic (exact) mass is 525 g/mol. The van der Waals surface area contributed by atoms with E-state index in [4.69, 9.17) is 14.7 Å². The molecule has 0 unspecified atom stereocenters. The van der Waals surface area contributed by atoms with Crippen LogP contribution in [0.3, 0.4) is 0 Å². The third-order valence-electron chi connectivity index (χ3n) is 6.64. The summed E-state index contributed by atoms with van der Waals surface area (Å²) in [5.41, 5.74) is 4.39. The van der Waals surface area contributed by atoms with Gasteiger partial charge in [-0.2, -0.15) is 0 Å². The van der Waals surface area contributed by atoms with Crippen LogP contribution in [-0.2, 0) is 10.6 Å². The molecule has 2 aliphatic heterocycles. The number of amidine groups is 1. The van der Waals surface area contributed by atoms with E-state index in [1.165, 1.54) is 0 Å². The number of rotatable bonds is 4. The normalized spacial score (nSPS) is 20.6. The van der Waals surface area contributed by atoms with Gasteiger partial charge in [-0.05, 0) is 42.0 Å². The van der Waals surface area contributed by atoms with Crippen LogP contribution < -0.4 is 15.0 Å². The first-order chi connectivity index (χ1) is 17.2. The molecule has 2 aliphatic rings. The number of benzene rings is 4. The topological polar surface area (TPSA) is 46.1 Å². The number of fused-ring (bicyclic) bond motifs is 3. The molecule has 0 aliphatic carbocycles. The summed E-state index contributed by atoms with van der Waals surface area (Å²) in [5, 5.41) is 8.50. The van der Waals surface area contributed by atoms with E-state index < -0.39 is 5.72 Å². The average Bonchev–Trinajstić information content (AvgIpc) is 3.22. The molecule has 0 spiro atoms. The lowest BCUT2D eigenvalue weighted by Gasteiger charge is -2.37. The van der Waals surface area contributed by atoms with Crippen molar-refractivity contribution in [3.63, 3.8) is 0 Å². The van der Waals surface area contributed by atoms with Crippen LogP contribution in [-0.4, -0.2) is 12.9 Å². The summed E-state index contributed by atoms with van der Waals surface area (Å²) in [6.07, 6.45) is 0.638. The highest BCUT2D eigenvalue weighted by molar-refractivity contribution is 9.10. The largest absolute Gasteiger partial charge is 0.497 e. The van der Waals surface area contributed by atoms with Crippen molar-refractivity contribution in [3.8, 4) is 5.75 Å². The van der Waals surface area contributed by atoms with Gasteiger partial charge in [0, 0.05) is 22.0 Å². The van der Waals surface area contributed by atoms with Crippen LogP contribution >= 0.6 is 15.9 Å². The van der Waals surface area contributed by atoms with Crippen LogP contribution in [0.25, 0.3) is 0 Å². The molecule has 0 bridgehead atoms. The number of methoxy groups -OCH3 is 1. The number of halogens is 1. The van der Waals surface area contributed by atoms with Crippen LogP contribution in [0.5, 0.6) is 5.75 Å². The summed E-state index contributed by atoms with van der Waals surface area (Å²) >= 11 is 3.62. The summed E-state index contributed by atoms with van der Waals surface area (Å²) in [4.78, 5) is 8.75. The fourth-order valence-corrected chi connectivity index (χ4v) is 5.36. The molecular weight excluding hydrogens is 502 g/mol. The second-order valence-electron chi connectivity index (χ2n) is 8.69. The maximum absolute atomic E-state index is 6.50. The van der Waals surface area contributed by atoms with Gasteiger partial charge in [0.2, 0.25) is 5.72 Å². The number of hydrogen-bond donors (Lipinski definition) is 1. The number of nitrogens with zero attached hydrogens (tertiary/aromatic N) is 2. The zero-order valence-corrected chi connectivity index (χ0v) is 20.8. The first-order valence-electron chi connectivity index (χ1n) is 11.6. The summed E-state index contributed by atoms with van der Waals surface area (Å²) in [6.45, 7) is 0. The Bertz CT molecular complexity index is 1390. The number of hydrogen-bond acceptors (Lipinski definition) is 5. The fraction of sp³-hybridized carbons (Fsp3) is 0.138. The molecule has 6 rings (SSSR count). The standard InChI is InChI=1S/C29H24BrN3O2/c1-34-24-16-14-20(15-17-24)26-19-29(22-9-3-2-4-10-22)33(27-13-6-5-12-25(27)31-26)28(32-35-29)21-8-7-11-23(30)18-21/h2-18,26,31H,19H2,1H3/t26-,29+/m1/s1. The number of para-hydroxylation sites is 2. The van der Waals surface area contributed by atoms with Crippen LogP contribution in [0.4, 0.5) is 11.4 Å². The maximum Gasteiger partial charge on any atom is 0.243 e. The fourth-order valence-electron chi connectivity index (χ4n) is 4.96. The van der Waals surface area contributed by atoms with Crippen LogP contribution in [0.2, 0.25) is 0 Å². The van der Waals surface area contributed by atoms with Gasteiger partial charge < -0.3 is 14.9 Å². The smallest absolute Gasteiger partial charge is 0.243 e. The highest BCUT2D eigenvalue weighted by Crippen LogP contribution is 2.51. The maximum atomic E-state index is 6.50. The highest BCUT2D eigenvalue weighted by atomic mass is 79.9. The number of oxime groups is 1. The molecule has 2 heterocycles. The Morgan fingerprint density at radius 1 is 0.943 bits per heavy atom. The average molecular weight is 526 g/mol. The molecule has 174 valence electrons. The summed E-state index contributed by atoms with van der Waals surface area (Å²) < 4.78 is 6.39. The molecule has 4 aromatic carbocycles. The number of ether oxygens (including phenoxy) is 1. The van der Waals surface area contributed by atoms with Crippen molar-refractivity contribution in [1.82, 2.24) is 0 Å². The number of nitrogens with one attached hydrogen (secondary N) is 1. The molecule has 0 saturated heterocycles. The molecule has 2 atom stereocenters. The molecule has 0 amide bonds. The van der Waals surface area contributed by atoms with Gasteiger partial charge in [0.1, 0.15) is 5.75 Å². The van der Waals surface area contributed by atoms with Gasteiger partial charge in [-0.1, -0.05) is 87.8 Å². The lowest BCUT2D eigenvalue weighted by molar-refractivity contribution is -0.0308. The molecule has 5 nitrogen and oxygen atoms in total. The van der Waals surface area contributed by atoms with E-state index in [0.717, 1.165) is 44.1 Å². The third-order valence-corrected chi connectivity index (χ3v) is 7.13.